The van der Waals surface area contributed by atoms with Crippen LogP contribution in [0.15, 0.2) is 42.6 Å². The van der Waals surface area contributed by atoms with Crippen molar-refractivity contribution in [2.24, 2.45) is 0 Å². The second-order valence-electron chi connectivity index (χ2n) is 5.99. The molecule has 3 rings (SSSR count). The molecule has 0 amide bonds. The van der Waals surface area contributed by atoms with E-state index >= 15 is 0 Å². The van der Waals surface area contributed by atoms with Crippen LogP contribution in [0.1, 0.15) is 37.6 Å². The highest BCUT2D eigenvalue weighted by Crippen LogP contribution is 2.33. The zero-order valence-corrected chi connectivity index (χ0v) is 14.0. The Bertz CT molecular complexity index is 642. The molecule has 0 bridgehead atoms. The molecule has 0 saturated carbocycles. The minimum atomic E-state index is 0.196. The Hall–Kier alpha value is -2.07. The summed E-state index contributed by atoms with van der Waals surface area (Å²) in [7, 11) is 1.69. The molecule has 0 aliphatic carbocycles. The van der Waals surface area contributed by atoms with Crippen LogP contribution in [0.5, 0.6) is 11.5 Å². The summed E-state index contributed by atoms with van der Waals surface area (Å²) in [5, 5.41) is 0. The number of nitrogens with zero attached hydrogens (tertiary/aromatic N) is 2. The maximum Gasteiger partial charge on any atom is 0.142 e. The van der Waals surface area contributed by atoms with Gasteiger partial charge in [0.05, 0.1) is 18.8 Å². The van der Waals surface area contributed by atoms with Crippen molar-refractivity contribution >= 4 is 0 Å². The topological polar surface area (TPSA) is 34.6 Å². The lowest BCUT2D eigenvalue weighted by molar-refractivity contribution is 0.121. The second kappa shape index (κ2) is 7.01. The highest BCUT2D eigenvalue weighted by Gasteiger charge is 2.28. The summed E-state index contributed by atoms with van der Waals surface area (Å²) >= 11 is 0. The lowest BCUT2D eigenvalue weighted by Crippen LogP contribution is -2.34. The number of ether oxygens (including phenoxy) is 2. The average Bonchev–Trinajstić information content (AvgIpc) is 2.73. The van der Waals surface area contributed by atoms with E-state index in [-0.39, 0.29) is 12.1 Å². The van der Waals surface area contributed by atoms with Gasteiger partial charge in [0, 0.05) is 19.3 Å². The molecule has 0 radical (unpaired) electrons. The van der Waals surface area contributed by atoms with Crippen LogP contribution in [0.2, 0.25) is 0 Å². The van der Waals surface area contributed by atoms with Gasteiger partial charge in [0.2, 0.25) is 0 Å². The van der Waals surface area contributed by atoms with E-state index in [2.05, 4.69) is 35.9 Å². The van der Waals surface area contributed by atoms with Crippen LogP contribution in [0, 0.1) is 0 Å². The summed E-state index contributed by atoms with van der Waals surface area (Å²) in [5.41, 5.74) is 2.30. The summed E-state index contributed by atoms with van der Waals surface area (Å²) in [6.45, 7) is 6.15. The van der Waals surface area contributed by atoms with E-state index in [1.54, 1.807) is 7.11 Å². The molecule has 2 atom stereocenters. The van der Waals surface area contributed by atoms with Crippen LogP contribution in [0.3, 0.4) is 0 Å². The third-order valence-corrected chi connectivity index (χ3v) is 4.48. The van der Waals surface area contributed by atoms with Crippen molar-refractivity contribution < 1.29 is 9.47 Å². The number of methoxy groups -OCH3 is 1. The molecule has 1 aliphatic heterocycles. The molecule has 122 valence electrons. The third kappa shape index (κ3) is 3.48. The van der Waals surface area contributed by atoms with Crippen LogP contribution in [-0.2, 0) is 6.54 Å². The molecule has 23 heavy (non-hydrogen) atoms. The molecule has 0 saturated heterocycles. The van der Waals surface area contributed by atoms with Gasteiger partial charge in [0.25, 0.3) is 0 Å². The Morgan fingerprint density at radius 3 is 2.74 bits per heavy atom. The summed E-state index contributed by atoms with van der Waals surface area (Å²) < 4.78 is 11.4. The largest absolute Gasteiger partial charge is 0.497 e. The van der Waals surface area contributed by atoms with Crippen molar-refractivity contribution in [1.29, 1.82) is 0 Å². The van der Waals surface area contributed by atoms with Crippen molar-refractivity contribution in [3.05, 3.63) is 53.9 Å². The lowest BCUT2D eigenvalue weighted by Gasteiger charge is -2.28. The standard InChI is InChI=1S/C19H24N2O2/c1-4-16-13-21(12-15-7-9-17(22-3)10-8-15)14(2)19-18(23-16)6-5-11-20-19/h5-11,14,16H,4,12-13H2,1-3H3/t14-,16-/m1/s1. The summed E-state index contributed by atoms with van der Waals surface area (Å²) in [5.74, 6) is 1.81. The van der Waals surface area contributed by atoms with Gasteiger partial charge in [-0.3, -0.25) is 9.88 Å². The van der Waals surface area contributed by atoms with Gasteiger partial charge < -0.3 is 9.47 Å². The molecular formula is C19H24N2O2. The Kier molecular flexibility index (Phi) is 4.82. The molecule has 1 aromatic carbocycles. The first-order valence-corrected chi connectivity index (χ1v) is 8.19. The molecule has 1 aliphatic rings. The monoisotopic (exact) mass is 312 g/mol. The van der Waals surface area contributed by atoms with Crippen molar-refractivity contribution in [2.45, 2.75) is 39.0 Å². The Balaban J connectivity index is 1.84. The van der Waals surface area contributed by atoms with Gasteiger partial charge in [-0.1, -0.05) is 19.1 Å². The number of pyridine rings is 1. The summed E-state index contributed by atoms with van der Waals surface area (Å²) in [4.78, 5) is 7.00. The Morgan fingerprint density at radius 2 is 2.04 bits per heavy atom. The number of hydrogen-bond donors (Lipinski definition) is 0. The normalized spacial score (nSPS) is 21.2. The lowest BCUT2D eigenvalue weighted by atomic mass is 10.1. The number of benzene rings is 1. The molecule has 0 unspecified atom stereocenters. The number of fused-ring (bicyclic) bond motifs is 1. The van der Waals surface area contributed by atoms with Crippen molar-refractivity contribution in [3.8, 4) is 11.5 Å². The molecular weight excluding hydrogens is 288 g/mol. The average molecular weight is 312 g/mol. The molecule has 0 N–H and O–H groups in total. The molecule has 1 aromatic heterocycles. The smallest absolute Gasteiger partial charge is 0.142 e. The predicted molar refractivity (Wildman–Crippen MR) is 90.8 cm³/mol. The Labute approximate surface area is 138 Å². The van der Waals surface area contributed by atoms with Gasteiger partial charge in [-0.15, -0.1) is 0 Å². The van der Waals surface area contributed by atoms with Crippen LogP contribution in [0.25, 0.3) is 0 Å². The van der Waals surface area contributed by atoms with Gasteiger partial charge in [-0.25, -0.2) is 0 Å². The van der Waals surface area contributed by atoms with E-state index in [1.165, 1.54) is 5.56 Å². The third-order valence-electron chi connectivity index (χ3n) is 4.48. The van der Waals surface area contributed by atoms with Gasteiger partial charge in [-0.05, 0) is 43.2 Å². The first kappa shape index (κ1) is 15.8. The number of hydrogen-bond acceptors (Lipinski definition) is 4. The predicted octanol–water partition coefficient (Wildman–Crippen LogP) is 3.82. The van der Waals surface area contributed by atoms with Crippen molar-refractivity contribution in [2.75, 3.05) is 13.7 Å². The second-order valence-corrected chi connectivity index (χ2v) is 5.99. The van der Waals surface area contributed by atoms with Crippen LogP contribution in [0.4, 0.5) is 0 Å². The SMILES string of the molecule is CC[C@@H]1CN(Cc2ccc(OC)cc2)[C@H](C)c2ncccc2O1. The quantitative estimate of drug-likeness (QED) is 0.859. The van der Waals surface area contributed by atoms with Crippen LogP contribution < -0.4 is 9.47 Å². The minimum Gasteiger partial charge on any atom is -0.497 e. The van der Waals surface area contributed by atoms with E-state index in [0.29, 0.717) is 0 Å². The zero-order chi connectivity index (χ0) is 16.2. The van der Waals surface area contributed by atoms with E-state index in [4.69, 9.17) is 9.47 Å². The summed E-state index contributed by atoms with van der Waals surface area (Å²) in [6, 6.07) is 12.5. The number of aromatic nitrogens is 1. The van der Waals surface area contributed by atoms with Gasteiger partial charge in [0.1, 0.15) is 17.6 Å². The van der Waals surface area contributed by atoms with E-state index in [0.717, 1.165) is 36.7 Å². The summed E-state index contributed by atoms with van der Waals surface area (Å²) in [6.07, 6.45) is 3.03. The molecule has 0 spiro atoms. The van der Waals surface area contributed by atoms with E-state index in [9.17, 15) is 0 Å². The highest BCUT2D eigenvalue weighted by molar-refractivity contribution is 5.31. The van der Waals surface area contributed by atoms with Crippen LogP contribution in [-0.4, -0.2) is 29.6 Å². The maximum absolute atomic E-state index is 6.16. The fourth-order valence-corrected chi connectivity index (χ4v) is 3.00. The van der Waals surface area contributed by atoms with Gasteiger partial charge in [-0.2, -0.15) is 0 Å². The van der Waals surface area contributed by atoms with Gasteiger partial charge >= 0.3 is 0 Å². The zero-order valence-electron chi connectivity index (χ0n) is 14.0. The molecule has 4 heteroatoms. The maximum atomic E-state index is 6.16. The first-order valence-electron chi connectivity index (χ1n) is 8.19. The van der Waals surface area contributed by atoms with E-state index in [1.807, 2.05) is 30.5 Å². The minimum absolute atomic E-state index is 0.196. The Morgan fingerprint density at radius 1 is 1.26 bits per heavy atom. The highest BCUT2D eigenvalue weighted by atomic mass is 16.5. The molecule has 4 nitrogen and oxygen atoms in total. The fourth-order valence-electron chi connectivity index (χ4n) is 3.00. The molecule has 2 heterocycles. The van der Waals surface area contributed by atoms with Crippen LogP contribution >= 0.6 is 0 Å². The van der Waals surface area contributed by atoms with Crippen molar-refractivity contribution in [1.82, 2.24) is 9.88 Å². The molecule has 2 aromatic rings. The van der Waals surface area contributed by atoms with Crippen molar-refractivity contribution in [3.63, 3.8) is 0 Å². The first-order chi connectivity index (χ1) is 11.2. The van der Waals surface area contributed by atoms with Gasteiger partial charge in [0.15, 0.2) is 0 Å². The van der Waals surface area contributed by atoms with E-state index < -0.39 is 0 Å². The molecule has 0 fully saturated rings. The fraction of sp³-hybridized carbons (Fsp3) is 0.421. The number of rotatable bonds is 4.